The van der Waals surface area contributed by atoms with Crippen LogP contribution in [0.3, 0.4) is 0 Å². The topological polar surface area (TPSA) is 26.0 Å². The van der Waals surface area contributed by atoms with Crippen LogP contribution in [-0.2, 0) is 0 Å². The first-order chi connectivity index (χ1) is 8.40. The maximum atomic E-state index is 5.48. The van der Waals surface area contributed by atoms with Gasteiger partial charge in [-0.05, 0) is 48.0 Å². The van der Waals surface area contributed by atoms with Crippen molar-refractivity contribution in [2.24, 2.45) is 5.73 Å². The van der Waals surface area contributed by atoms with Crippen LogP contribution >= 0.6 is 11.8 Å². The molecule has 0 fully saturated rings. The van der Waals surface area contributed by atoms with Gasteiger partial charge in [-0.25, -0.2) is 0 Å². The number of benzene rings is 2. The number of rotatable bonds is 6. The summed E-state index contributed by atoms with van der Waals surface area (Å²) in [6.07, 6.45) is 3.66. The Morgan fingerprint density at radius 2 is 1.71 bits per heavy atom. The lowest BCUT2D eigenvalue weighted by Crippen LogP contribution is -1.97. The van der Waals surface area contributed by atoms with E-state index in [1.807, 2.05) is 11.8 Å². The van der Waals surface area contributed by atoms with Gasteiger partial charge in [0, 0.05) is 4.90 Å². The molecule has 0 atom stereocenters. The first kappa shape index (κ1) is 12.5. The summed E-state index contributed by atoms with van der Waals surface area (Å²) in [5, 5.41) is 2.65. The van der Waals surface area contributed by atoms with Gasteiger partial charge in [-0.2, -0.15) is 0 Å². The molecular formula is C15H19NS. The molecule has 0 amide bonds. The van der Waals surface area contributed by atoms with Crippen LogP contribution in [0, 0.1) is 0 Å². The van der Waals surface area contributed by atoms with Gasteiger partial charge < -0.3 is 5.73 Å². The number of unbranched alkanes of at least 4 members (excludes halogenated alkanes) is 2. The average Bonchev–Trinajstić information content (AvgIpc) is 2.38. The second-order valence-corrected chi connectivity index (χ2v) is 5.38. The predicted octanol–water partition coefficient (Wildman–Crippen LogP) is 4.06. The number of fused-ring (bicyclic) bond motifs is 1. The lowest BCUT2D eigenvalue weighted by Gasteiger charge is -2.03. The maximum absolute atomic E-state index is 5.48. The zero-order valence-corrected chi connectivity index (χ0v) is 10.9. The Labute approximate surface area is 107 Å². The third-order valence-corrected chi connectivity index (χ3v) is 3.92. The van der Waals surface area contributed by atoms with E-state index in [0.717, 1.165) is 13.0 Å². The summed E-state index contributed by atoms with van der Waals surface area (Å²) in [7, 11) is 0. The maximum Gasteiger partial charge on any atom is 0.00783 e. The molecule has 0 spiro atoms. The molecule has 0 bridgehead atoms. The standard InChI is InChI=1S/C15H19NS/c16-10-4-1-5-11-17-15-9-8-13-6-2-3-7-14(13)12-15/h2-3,6-9,12H,1,4-5,10-11,16H2. The van der Waals surface area contributed by atoms with Gasteiger partial charge in [-0.3, -0.25) is 0 Å². The van der Waals surface area contributed by atoms with Crippen LogP contribution in [0.15, 0.2) is 47.4 Å². The van der Waals surface area contributed by atoms with Gasteiger partial charge in [0.2, 0.25) is 0 Å². The number of nitrogens with two attached hydrogens (primary N) is 1. The molecule has 0 radical (unpaired) electrons. The van der Waals surface area contributed by atoms with E-state index in [1.54, 1.807) is 0 Å². The molecule has 0 saturated carbocycles. The number of hydrogen-bond acceptors (Lipinski definition) is 2. The summed E-state index contributed by atoms with van der Waals surface area (Å²) in [6, 6.07) is 15.2. The summed E-state index contributed by atoms with van der Waals surface area (Å²) < 4.78 is 0. The molecule has 0 heterocycles. The van der Waals surface area contributed by atoms with Gasteiger partial charge in [-0.15, -0.1) is 11.8 Å². The Kier molecular flexibility index (Phi) is 4.89. The van der Waals surface area contributed by atoms with Crippen molar-refractivity contribution in [1.82, 2.24) is 0 Å². The third kappa shape index (κ3) is 3.76. The molecule has 2 aromatic carbocycles. The van der Waals surface area contributed by atoms with E-state index in [1.165, 1.54) is 34.3 Å². The van der Waals surface area contributed by atoms with Gasteiger partial charge in [0.15, 0.2) is 0 Å². The Morgan fingerprint density at radius 1 is 0.882 bits per heavy atom. The minimum absolute atomic E-state index is 0.820. The Morgan fingerprint density at radius 3 is 2.53 bits per heavy atom. The van der Waals surface area contributed by atoms with E-state index in [-0.39, 0.29) is 0 Å². The SMILES string of the molecule is NCCCCCSc1ccc2ccccc2c1. The van der Waals surface area contributed by atoms with Crippen molar-refractivity contribution in [2.75, 3.05) is 12.3 Å². The number of thioether (sulfide) groups is 1. The van der Waals surface area contributed by atoms with Gasteiger partial charge in [-0.1, -0.05) is 36.8 Å². The smallest absolute Gasteiger partial charge is 0.00783 e. The quantitative estimate of drug-likeness (QED) is 0.613. The molecule has 2 N–H and O–H groups in total. The molecule has 0 aromatic heterocycles. The van der Waals surface area contributed by atoms with Crippen molar-refractivity contribution in [3.8, 4) is 0 Å². The van der Waals surface area contributed by atoms with Crippen LogP contribution in [0.25, 0.3) is 10.8 Å². The molecule has 2 heteroatoms. The summed E-state index contributed by atoms with van der Waals surface area (Å²) in [6.45, 7) is 0.820. The fourth-order valence-electron chi connectivity index (χ4n) is 1.87. The van der Waals surface area contributed by atoms with E-state index < -0.39 is 0 Å². The predicted molar refractivity (Wildman–Crippen MR) is 77.6 cm³/mol. The summed E-state index contributed by atoms with van der Waals surface area (Å²) in [4.78, 5) is 1.37. The van der Waals surface area contributed by atoms with Crippen LogP contribution < -0.4 is 5.73 Å². The van der Waals surface area contributed by atoms with Crippen molar-refractivity contribution in [3.63, 3.8) is 0 Å². The van der Waals surface area contributed by atoms with Gasteiger partial charge >= 0.3 is 0 Å². The van der Waals surface area contributed by atoms with Crippen LogP contribution in [0.5, 0.6) is 0 Å². The Balaban J connectivity index is 1.90. The van der Waals surface area contributed by atoms with E-state index in [0.29, 0.717) is 0 Å². The van der Waals surface area contributed by atoms with Crippen molar-refractivity contribution in [2.45, 2.75) is 24.2 Å². The van der Waals surface area contributed by atoms with Crippen molar-refractivity contribution < 1.29 is 0 Å². The lowest BCUT2D eigenvalue weighted by atomic mass is 10.1. The van der Waals surface area contributed by atoms with Crippen LogP contribution in [-0.4, -0.2) is 12.3 Å². The molecule has 2 aromatic rings. The normalized spacial score (nSPS) is 10.9. The van der Waals surface area contributed by atoms with Crippen molar-refractivity contribution >= 4 is 22.5 Å². The Bertz CT molecular complexity index is 467. The molecule has 0 aliphatic carbocycles. The molecule has 17 heavy (non-hydrogen) atoms. The zero-order chi connectivity index (χ0) is 11.9. The van der Waals surface area contributed by atoms with E-state index >= 15 is 0 Å². The van der Waals surface area contributed by atoms with Crippen molar-refractivity contribution in [1.29, 1.82) is 0 Å². The first-order valence-electron chi connectivity index (χ1n) is 6.22. The largest absolute Gasteiger partial charge is 0.330 e. The molecule has 90 valence electrons. The van der Waals surface area contributed by atoms with Crippen LogP contribution in [0.4, 0.5) is 0 Å². The highest BCUT2D eigenvalue weighted by Gasteiger charge is 1.97. The van der Waals surface area contributed by atoms with E-state index in [4.69, 9.17) is 5.73 Å². The molecule has 0 aliphatic rings. The second-order valence-electron chi connectivity index (χ2n) is 4.21. The van der Waals surface area contributed by atoms with Crippen LogP contribution in [0.1, 0.15) is 19.3 Å². The molecule has 0 unspecified atom stereocenters. The minimum Gasteiger partial charge on any atom is -0.330 e. The van der Waals surface area contributed by atoms with Crippen molar-refractivity contribution in [3.05, 3.63) is 42.5 Å². The van der Waals surface area contributed by atoms with Gasteiger partial charge in [0.05, 0.1) is 0 Å². The second kappa shape index (κ2) is 6.67. The fourth-order valence-corrected chi connectivity index (χ4v) is 2.83. The van der Waals surface area contributed by atoms with E-state index in [9.17, 15) is 0 Å². The first-order valence-corrected chi connectivity index (χ1v) is 7.20. The average molecular weight is 245 g/mol. The van der Waals surface area contributed by atoms with Crippen LogP contribution in [0.2, 0.25) is 0 Å². The highest BCUT2D eigenvalue weighted by atomic mass is 32.2. The highest BCUT2D eigenvalue weighted by Crippen LogP contribution is 2.24. The molecule has 1 nitrogen and oxygen atoms in total. The minimum atomic E-state index is 0.820. The molecule has 0 aliphatic heterocycles. The fraction of sp³-hybridized carbons (Fsp3) is 0.333. The van der Waals surface area contributed by atoms with E-state index in [2.05, 4.69) is 42.5 Å². The lowest BCUT2D eigenvalue weighted by molar-refractivity contribution is 0.732. The molecule has 0 saturated heterocycles. The summed E-state index contributed by atoms with van der Waals surface area (Å²) in [5.41, 5.74) is 5.48. The summed E-state index contributed by atoms with van der Waals surface area (Å²) in [5.74, 6) is 1.19. The highest BCUT2D eigenvalue weighted by molar-refractivity contribution is 7.99. The number of hydrogen-bond donors (Lipinski definition) is 1. The Hall–Kier alpha value is -0.990. The third-order valence-electron chi connectivity index (χ3n) is 2.84. The van der Waals surface area contributed by atoms with Gasteiger partial charge in [0.1, 0.15) is 0 Å². The van der Waals surface area contributed by atoms with Gasteiger partial charge in [0.25, 0.3) is 0 Å². The summed E-state index contributed by atoms with van der Waals surface area (Å²) >= 11 is 1.94. The molecule has 2 rings (SSSR count). The monoisotopic (exact) mass is 245 g/mol. The zero-order valence-electron chi connectivity index (χ0n) is 10.1. The molecular weight excluding hydrogens is 226 g/mol.